The van der Waals surface area contributed by atoms with Gasteiger partial charge in [-0.3, -0.25) is 5.84 Å². The van der Waals surface area contributed by atoms with E-state index in [0.29, 0.717) is 6.54 Å². The Labute approximate surface area is 145 Å². The van der Waals surface area contributed by atoms with Gasteiger partial charge in [-0.25, -0.2) is 20.2 Å². The third kappa shape index (κ3) is 12.5. The second-order valence-electron chi connectivity index (χ2n) is 5.12. The van der Waals surface area contributed by atoms with Crippen LogP contribution in [0.25, 0.3) is 0 Å². The number of amidine groups is 1. The van der Waals surface area contributed by atoms with E-state index in [1.807, 2.05) is 7.05 Å². The van der Waals surface area contributed by atoms with Gasteiger partial charge in [0, 0.05) is 19.2 Å². The predicted octanol–water partition coefficient (Wildman–Crippen LogP) is 1.12. The molecule has 7 nitrogen and oxygen atoms in total. The molecule has 3 N–H and O–H groups in total. The highest BCUT2D eigenvalue weighted by atomic mass is 16.5. The number of hydrazine groups is 1. The van der Waals surface area contributed by atoms with Crippen LogP contribution in [0.1, 0.15) is 32.1 Å². The number of hydrogen-bond acceptors (Lipinski definition) is 6. The van der Waals surface area contributed by atoms with Gasteiger partial charge in [0.15, 0.2) is 0 Å². The number of aliphatic imine (C=N–C) groups is 2. The first-order valence-corrected chi connectivity index (χ1v) is 8.01. The zero-order chi connectivity index (χ0) is 18.0. The van der Waals surface area contributed by atoms with Crippen LogP contribution in [0.15, 0.2) is 22.1 Å². The number of carbonyl (C=O) groups excluding carboxylic acids is 1. The maximum Gasteiger partial charge on any atom is 0.375 e. The fraction of sp³-hybridized carbons (Fsp3) is 0.588. The van der Waals surface area contributed by atoms with Crippen LogP contribution in [0.4, 0.5) is 0 Å². The van der Waals surface area contributed by atoms with Crippen LogP contribution in [0.5, 0.6) is 0 Å². The first-order chi connectivity index (χ1) is 11.7. The monoisotopic (exact) mass is 335 g/mol. The number of nitrogens with one attached hydrogen (secondary N) is 1. The lowest BCUT2D eigenvalue weighted by molar-refractivity contribution is -0.132. The molecule has 134 valence electrons. The van der Waals surface area contributed by atoms with Gasteiger partial charge in [0.2, 0.25) is 5.84 Å². The highest BCUT2D eigenvalue weighted by Gasteiger charge is 2.08. The molecule has 0 saturated heterocycles. The molecule has 0 bridgehead atoms. The molecule has 0 unspecified atom stereocenters. The molecule has 0 aliphatic heterocycles. The molecule has 0 fully saturated rings. The van der Waals surface area contributed by atoms with Crippen molar-refractivity contribution in [1.82, 2.24) is 10.3 Å². The highest BCUT2D eigenvalue weighted by molar-refractivity contribution is 6.36. The fourth-order valence-electron chi connectivity index (χ4n) is 1.77. The summed E-state index contributed by atoms with van der Waals surface area (Å²) in [5.41, 5.74) is 2.34. The van der Waals surface area contributed by atoms with E-state index in [0.717, 1.165) is 38.6 Å². The van der Waals surface area contributed by atoms with Crippen molar-refractivity contribution in [2.24, 2.45) is 15.8 Å². The van der Waals surface area contributed by atoms with Crippen molar-refractivity contribution in [3.63, 3.8) is 0 Å². The van der Waals surface area contributed by atoms with E-state index in [-0.39, 0.29) is 12.5 Å². The Morgan fingerprint density at radius 1 is 1.38 bits per heavy atom. The van der Waals surface area contributed by atoms with Crippen molar-refractivity contribution < 1.29 is 9.53 Å². The summed E-state index contributed by atoms with van der Waals surface area (Å²) in [7, 11) is 3.29. The van der Waals surface area contributed by atoms with E-state index in [1.165, 1.54) is 7.11 Å². The van der Waals surface area contributed by atoms with Crippen LogP contribution >= 0.6 is 0 Å². The Morgan fingerprint density at radius 2 is 2.12 bits per heavy atom. The minimum atomic E-state index is -0.583. The van der Waals surface area contributed by atoms with Gasteiger partial charge in [-0.2, -0.15) is 0 Å². The number of nitrogens with zero attached hydrogens (tertiary/aromatic N) is 3. The van der Waals surface area contributed by atoms with E-state index in [9.17, 15) is 4.79 Å². The Hall–Kier alpha value is -2.01. The summed E-state index contributed by atoms with van der Waals surface area (Å²) < 4.78 is 4.61. The van der Waals surface area contributed by atoms with Crippen LogP contribution in [0, 0.1) is 12.3 Å². The normalized spacial score (nSPS) is 12.2. The number of ether oxygens (including phenoxy) is 1. The van der Waals surface area contributed by atoms with Crippen LogP contribution < -0.4 is 11.3 Å². The Bertz CT molecular complexity index is 466. The van der Waals surface area contributed by atoms with Gasteiger partial charge in [-0.1, -0.05) is 12.2 Å². The maximum absolute atomic E-state index is 11.5. The number of esters is 1. The number of rotatable bonds is 11. The number of methoxy groups -OCH3 is 1. The molecule has 0 heterocycles. The predicted molar refractivity (Wildman–Crippen MR) is 98.7 cm³/mol. The quantitative estimate of drug-likeness (QED) is 0.0863. The minimum absolute atomic E-state index is 0.000885. The van der Waals surface area contributed by atoms with Crippen molar-refractivity contribution in [1.29, 1.82) is 0 Å². The van der Waals surface area contributed by atoms with Crippen molar-refractivity contribution in [2.75, 3.05) is 33.9 Å². The van der Waals surface area contributed by atoms with Crippen molar-refractivity contribution in [2.45, 2.75) is 32.1 Å². The average Bonchev–Trinajstić information content (AvgIpc) is 2.59. The SMILES string of the molecule is C#CCCC=CCCCCN(C)CC=NC(=NCNN)C(=O)OC. The van der Waals surface area contributed by atoms with Crippen molar-refractivity contribution >= 4 is 18.0 Å². The van der Waals surface area contributed by atoms with Gasteiger partial charge in [0.25, 0.3) is 0 Å². The standard InChI is InChI=1S/C17H29N5O2/c1-4-5-6-7-8-9-10-11-13-22(2)14-12-19-16(17(23)24-3)20-15-21-18/h1,7-8,12,21H,5-6,9-11,13-15,18H2,2-3H3. The molecule has 0 spiro atoms. The van der Waals surface area contributed by atoms with Gasteiger partial charge >= 0.3 is 5.97 Å². The van der Waals surface area contributed by atoms with Gasteiger partial charge < -0.3 is 9.64 Å². The molecule has 0 amide bonds. The van der Waals surface area contributed by atoms with Crippen LogP contribution in [0.2, 0.25) is 0 Å². The molecule has 24 heavy (non-hydrogen) atoms. The number of nitrogens with two attached hydrogens (primary N) is 1. The van der Waals surface area contributed by atoms with E-state index < -0.39 is 5.97 Å². The number of terminal acetylenes is 1. The number of hydrogen-bond donors (Lipinski definition) is 2. The highest BCUT2D eigenvalue weighted by Crippen LogP contribution is 2.00. The number of allylic oxidation sites excluding steroid dienone is 2. The van der Waals surface area contributed by atoms with Gasteiger partial charge in [-0.15, -0.1) is 12.3 Å². The van der Waals surface area contributed by atoms with Crippen LogP contribution in [0.3, 0.4) is 0 Å². The molecular weight excluding hydrogens is 306 g/mol. The number of unbranched alkanes of at least 4 members (excludes halogenated alkanes) is 3. The molecule has 0 aromatic rings. The Kier molecular flexibility index (Phi) is 14.5. The van der Waals surface area contributed by atoms with E-state index in [1.54, 1.807) is 6.21 Å². The molecule has 0 atom stereocenters. The van der Waals surface area contributed by atoms with Crippen LogP contribution in [-0.2, 0) is 9.53 Å². The molecule has 7 heteroatoms. The maximum atomic E-state index is 11.5. The molecular formula is C17H29N5O2. The second kappa shape index (κ2) is 15.9. The average molecular weight is 335 g/mol. The van der Waals surface area contributed by atoms with Gasteiger partial charge in [0.05, 0.1) is 7.11 Å². The third-order valence-electron chi connectivity index (χ3n) is 3.08. The van der Waals surface area contributed by atoms with E-state index in [2.05, 4.69) is 43.1 Å². The lowest BCUT2D eigenvalue weighted by Crippen LogP contribution is -2.25. The number of carbonyl (C=O) groups is 1. The fourth-order valence-corrected chi connectivity index (χ4v) is 1.77. The Morgan fingerprint density at radius 3 is 2.79 bits per heavy atom. The lowest BCUT2D eigenvalue weighted by atomic mass is 10.2. The van der Waals surface area contributed by atoms with Crippen molar-refractivity contribution in [3.8, 4) is 12.3 Å². The van der Waals surface area contributed by atoms with Gasteiger partial charge in [-0.05, 0) is 39.3 Å². The largest absolute Gasteiger partial charge is 0.463 e. The molecule has 0 rings (SSSR count). The van der Waals surface area contributed by atoms with Crippen molar-refractivity contribution in [3.05, 3.63) is 12.2 Å². The third-order valence-corrected chi connectivity index (χ3v) is 3.08. The van der Waals surface area contributed by atoms with E-state index >= 15 is 0 Å². The van der Waals surface area contributed by atoms with Crippen LogP contribution in [-0.4, -0.2) is 56.8 Å². The molecule has 0 radical (unpaired) electrons. The Balaban J connectivity index is 3.98. The first kappa shape index (κ1) is 22.0. The summed E-state index contributed by atoms with van der Waals surface area (Å²) in [5.74, 6) is 7.16. The lowest BCUT2D eigenvalue weighted by Gasteiger charge is -2.13. The smallest absolute Gasteiger partial charge is 0.375 e. The summed E-state index contributed by atoms with van der Waals surface area (Å²) in [5, 5.41) is 0. The summed E-state index contributed by atoms with van der Waals surface area (Å²) >= 11 is 0. The minimum Gasteiger partial charge on any atom is -0.463 e. The summed E-state index contributed by atoms with van der Waals surface area (Å²) in [6, 6.07) is 0. The summed E-state index contributed by atoms with van der Waals surface area (Å²) in [4.78, 5) is 21.5. The summed E-state index contributed by atoms with van der Waals surface area (Å²) in [6.07, 6.45) is 16.2. The topological polar surface area (TPSA) is 92.3 Å². The molecule has 0 aliphatic carbocycles. The molecule has 0 aliphatic rings. The molecule has 0 saturated carbocycles. The first-order valence-electron chi connectivity index (χ1n) is 8.01. The summed E-state index contributed by atoms with van der Waals surface area (Å²) in [6.45, 7) is 1.69. The zero-order valence-electron chi connectivity index (χ0n) is 14.7. The van der Waals surface area contributed by atoms with Gasteiger partial charge in [0.1, 0.15) is 6.67 Å². The van der Waals surface area contributed by atoms with E-state index in [4.69, 9.17) is 12.3 Å². The molecule has 0 aromatic heterocycles. The molecule has 0 aromatic carbocycles. The second-order valence-corrected chi connectivity index (χ2v) is 5.12. The zero-order valence-corrected chi connectivity index (χ0v) is 14.7.